The van der Waals surface area contributed by atoms with Crippen LogP contribution in [0.1, 0.15) is 49.0 Å². The summed E-state index contributed by atoms with van der Waals surface area (Å²) in [5, 5.41) is 9.54. The van der Waals surface area contributed by atoms with Crippen LogP contribution in [0.4, 0.5) is 4.39 Å². The number of nitrogens with zero attached hydrogens (tertiary/aromatic N) is 5. The van der Waals surface area contributed by atoms with Crippen molar-refractivity contribution < 1.29 is 13.7 Å². The third-order valence-corrected chi connectivity index (χ3v) is 6.19. The molecule has 2 aromatic carbocycles. The Hall–Kier alpha value is -3.88. The van der Waals surface area contributed by atoms with Crippen LogP contribution in [0.3, 0.4) is 0 Å². The first-order valence-electron chi connectivity index (χ1n) is 11.8. The summed E-state index contributed by atoms with van der Waals surface area (Å²) < 4.78 is 20.5. The zero-order valence-electron chi connectivity index (χ0n) is 19.6. The molecule has 0 bridgehead atoms. The molecule has 1 atom stereocenters. The Morgan fingerprint density at radius 2 is 1.97 bits per heavy atom. The van der Waals surface area contributed by atoms with Gasteiger partial charge in [0, 0.05) is 30.6 Å². The van der Waals surface area contributed by atoms with E-state index in [0.29, 0.717) is 47.7 Å². The molecule has 1 amide bonds. The molecular formula is C26H26FN5O3. The minimum atomic E-state index is -0.373. The lowest BCUT2D eigenvalue weighted by atomic mass is 9.97. The zero-order valence-corrected chi connectivity index (χ0v) is 19.6. The van der Waals surface area contributed by atoms with Crippen LogP contribution in [0.5, 0.6) is 0 Å². The third-order valence-electron chi connectivity index (χ3n) is 6.19. The minimum absolute atomic E-state index is 0.143. The van der Waals surface area contributed by atoms with Gasteiger partial charge in [0.25, 0.3) is 11.5 Å². The van der Waals surface area contributed by atoms with Crippen molar-refractivity contribution in [2.24, 2.45) is 5.92 Å². The molecule has 1 aliphatic rings. The number of likely N-dealkylation sites (tertiary alicyclic amines) is 1. The number of fused-ring (bicyclic) bond motifs is 1. The summed E-state index contributed by atoms with van der Waals surface area (Å²) in [6, 6.07) is 13.1. The molecule has 35 heavy (non-hydrogen) atoms. The van der Waals surface area contributed by atoms with Crippen molar-refractivity contribution in [1.29, 1.82) is 0 Å². The molecule has 1 unspecified atom stereocenters. The van der Waals surface area contributed by atoms with Crippen LogP contribution in [0, 0.1) is 11.7 Å². The fourth-order valence-corrected chi connectivity index (χ4v) is 4.52. The van der Waals surface area contributed by atoms with Gasteiger partial charge < -0.3 is 9.42 Å². The topological polar surface area (TPSA) is 94.1 Å². The number of rotatable bonds is 5. The summed E-state index contributed by atoms with van der Waals surface area (Å²) in [6.07, 6.45) is 1.55. The minimum Gasteiger partial charge on any atom is -0.339 e. The maximum absolute atomic E-state index is 13.6. The van der Waals surface area contributed by atoms with Gasteiger partial charge in [-0.1, -0.05) is 49.3 Å². The van der Waals surface area contributed by atoms with E-state index in [4.69, 9.17) is 4.52 Å². The van der Waals surface area contributed by atoms with Crippen LogP contribution >= 0.6 is 0 Å². The van der Waals surface area contributed by atoms with Crippen LogP contribution in [0.25, 0.3) is 22.2 Å². The summed E-state index contributed by atoms with van der Waals surface area (Å²) >= 11 is 0. The number of aromatic nitrogens is 4. The van der Waals surface area contributed by atoms with Gasteiger partial charge in [0.05, 0.1) is 11.3 Å². The monoisotopic (exact) mass is 475 g/mol. The number of hydrogen-bond donors (Lipinski definition) is 0. The quantitative estimate of drug-likeness (QED) is 0.428. The Labute approximate surface area is 201 Å². The summed E-state index contributed by atoms with van der Waals surface area (Å²) in [7, 11) is 0. The molecule has 9 heteroatoms. The predicted molar refractivity (Wildman–Crippen MR) is 128 cm³/mol. The lowest BCUT2D eigenvalue weighted by Crippen LogP contribution is -2.40. The van der Waals surface area contributed by atoms with E-state index < -0.39 is 0 Å². The van der Waals surface area contributed by atoms with Gasteiger partial charge in [-0.3, -0.25) is 9.59 Å². The molecule has 0 aliphatic carbocycles. The number of carbonyl (C=O) groups excluding carboxylic acids is 1. The van der Waals surface area contributed by atoms with Crippen molar-refractivity contribution in [1.82, 2.24) is 24.8 Å². The van der Waals surface area contributed by atoms with Crippen LogP contribution in [-0.4, -0.2) is 43.8 Å². The third kappa shape index (κ3) is 4.58. The van der Waals surface area contributed by atoms with Crippen molar-refractivity contribution in [3.05, 3.63) is 76.3 Å². The molecular weight excluding hydrogens is 449 g/mol. The van der Waals surface area contributed by atoms with E-state index in [1.54, 1.807) is 41.3 Å². The van der Waals surface area contributed by atoms with Crippen molar-refractivity contribution in [3.8, 4) is 11.4 Å². The number of amides is 1. The van der Waals surface area contributed by atoms with Gasteiger partial charge in [-0.25, -0.2) is 9.07 Å². The molecule has 180 valence electrons. The first-order valence-corrected chi connectivity index (χ1v) is 11.8. The van der Waals surface area contributed by atoms with Crippen LogP contribution in [0.15, 0.2) is 57.8 Å². The molecule has 0 N–H and O–H groups in total. The highest BCUT2D eigenvalue weighted by molar-refractivity contribution is 6.04. The van der Waals surface area contributed by atoms with Gasteiger partial charge in [-0.15, -0.1) is 0 Å². The van der Waals surface area contributed by atoms with E-state index in [2.05, 4.69) is 15.2 Å². The molecule has 1 aliphatic heterocycles. The molecule has 1 fully saturated rings. The van der Waals surface area contributed by atoms with Gasteiger partial charge in [0.2, 0.25) is 11.7 Å². The molecule has 2 aromatic heterocycles. The molecule has 0 saturated carbocycles. The van der Waals surface area contributed by atoms with Crippen LogP contribution < -0.4 is 5.56 Å². The van der Waals surface area contributed by atoms with Gasteiger partial charge >= 0.3 is 0 Å². The Morgan fingerprint density at radius 1 is 1.17 bits per heavy atom. The Bertz CT molecular complexity index is 1440. The number of carbonyl (C=O) groups is 1. The van der Waals surface area contributed by atoms with E-state index in [-0.39, 0.29) is 34.8 Å². The van der Waals surface area contributed by atoms with Crippen LogP contribution in [-0.2, 0) is 6.54 Å². The molecule has 0 spiro atoms. The number of benzene rings is 2. The van der Waals surface area contributed by atoms with E-state index in [9.17, 15) is 14.0 Å². The summed E-state index contributed by atoms with van der Waals surface area (Å²) in [4.78, 5) is 32.8. The fraction of sp³-hybridized carbons (Fsp3) is 0.346. The number of piperidine rings is 1. The molecule has 4 aromatic rings. The summed E-state index contributed by atoms with van der Waals surface area (Å²) in [5.74, 6) is 0.194. The van der Waals surface area contributed by atoms with E-state index in [0.717, 1.165) is 12.8 Å². The number of halogens is 1. The van der Waals surface area contributed by atoms with Gasteiger partial charge in [-0.2, -0.15) is 10.1 Å². The predicted octanol–water partition coefficient (Wildman–Crippen LogP) is 4.26. The van der Waals surface area contributed by atoms with E-state index in [1.807, 2.05) is 13.8 Å². The Balaban J connectivity index is 1.43. The molecule has 5 rings (SSSR count). The van der Waals surface area contributed by atoms with Gasteiger partial charge in [0.15, 0.2) is 5.69 Å². The highest BCUT2D eigenvalue weighted by atomic mass is 19.1. The molecule has 3 heterocycles. The average Bonchev–Trinajstić information content (AvgIpc) is 3.36. The number of hydrogen-bond acceptors (Lipinski definition) is 6. The average molecular weight is 476 g/mol. The highest BCUT2D eigenvalue weighted by Gasteiger charge is 2.31. The van der Waals surface area contributed by atoms with Gasteiger partial charge in [-0.05, 0) is 37.0 Å². The van der Waals surface area contributed by atoms with Crippen LogP contribution in [0.2, 0.25) is 0 Å². The summed E-state index contributed by atoms with van der Waals surface area (Å²) in [6.45, 7) is 5.39. The van der Waals surface area contributed by atoms with Crippen molar-refractivity contribution in [2.45, 2.75) is 39.2 Å². The maximum atomic E-state index is 13.6. The lowest BCUT2D eigenvalue weighted by molar-refractivity contribution is 0.0689. The van der Waals surface area contributed by atoms with Gasteiger partial charge in [0.1, 0.15) is 5.82 Å². The first kappa shape index (κ1) is 22.9. The highest BCUT2D eigenvalue weighted by Crippen LogP contribution is 2.29. The van der Waals surface area contributed by atoms with Crippen molar-refractivity contribution >= 4 is 16.7 Å². The van der Waals surface area contributed by atoms with E-state index >= 15 is 0 Å². The standard InChI is InChI=1S/C26H26FN5O3/c1-16(2)14-32-25(33)21-11-4-3-10-20(21)22(29-32)26(34)31-12-6-8-18(15-31)24-28-23(30-35-24)17-7-5-9-19(27)13-17/h3-5,7,9-11,13,16,18H,6,8,12,14-15H2,1-2H3. The normalized spacial score (nSPS) is 16.2. The lowest BCUT2D eigenvalue weighted by Gasteiger charge is -2.31. The second-order valence-electron chi connectivity index (χ2n) is 9.33. The van der Waals surface area contributed by atoms with Crippen molar-refractivity contribution in [3.63, 3.8) is 0 Å². The first-order chi connectivity index (χ1) is 16.9. The van der Waals surface area contributed by atoms with E-state index in [1.165, 1.54) is 16.8 Å². The molecule has 0 radical (unpaired) electrons. The second-order valence-corrected chi connectivity index (χ2v) is 9.33. The maximum Gasteiger partial charge on any atom is 0.274 e. The van der Waals surface area contributed by atoms with Crippen molar-refractivity contribution in [2.75, 3.05) is 13.1 Å². The summed E-state index contributed by atoms with van der Waals surface area (Å²) in [5.41, 5.74) is 0.609. The largest absolute Gasteiger partial charge is 0.339 e. The Morgan fingerprint density at radius 3 is 2.74 bits per heavy atom. The fourth-order valence-electron chi connectivity index (χ4n) is 4.52. The SMILES string of the molecule is CC(C)Cn1nc(C(=O)N2CCCC(c3nc(-c4cccc(F)c4)no3)C2)c2ccccc2c1=O. The molecule has 8 nitrogen and oxygen atoms in total. The zero-order chi connectivity index (χ0) is 24.5. The second kappa shape index (κ2) is 9.40. The Kier molecular flexibility index (Phi) is 6.15. The smallest absolute Gasteiger partial charge is 0.274 e. The molecule has 1 saturated heterocycles.